The molecule has 0 aliphatic heterocycles. The minimum atomic E-state index is -2.60. The number of rotatable bonds is 5. The number of hydrazine groups is 1. The molecular weight excluding hydrogens is 543 g/mol. The topological polar surface area (TPSA) is 189 Å². The van der Waals surface area contributed by atoms with E-state index in [1.807, 2.05) is 0 Å². The van der Waals surface area contributed by atoms with Gasteiger partial charge in [-0.1, -0.05) is 6.07 Å². The number of amides is 2. The molecule has 0 spiro atoms. The predicted molar refractivity (Wildman–Crippen MR) is 141 cm³/mol. The van der Waals surface area contributed by atoms with Crippen molar-refractivity contribution in [1.82, 2.24) is 15.8 Å². The summed E-state index contributed by atoms with van der Waals surface area (Å²) >= 11 is 0. The number of aliphatic hydroxyl groups is 3. The molecule has 1 saturated carbocycles. The lowest BCUT2D eigenvalue weighted by Gasteiger charge is -2.46. The van der Waals surface area contributed by atoms with Gasteiger partial charge in [-0.15, -0.1) is 24.8 Å². The van der Waals surface area contributed by atoms with Crippen LogP contribution in [-0.2, 0) is 25.6 Å². The van der Waals surface area contributed by atoms with Gasteiger partial charge in [-0.3, -0.25) is 24.6 Å². The highest BCUT2D eigenvalue weighted by molar-refractivity contribution is 6.23. The maximum atomic E-state index is 13.6. The highest BCUT2D eigenvalue weighted by Gasteiger charge is 2.60. The summed E-state index contributed by atoms with van der Waals surface area (Å²) in [5.74, 6) is -6.88. The smallest absolute Gasteiger partial charge is 0.272 e. The number of ketones is 2. The molecule has 3 aliphatic carbocycles. The minimum absolute atomic E-state index is 0. The number of carbonyl (C=O) groups excluding carboxylic acids is 4. The minimum Gasteiger partial charge on any atom is -0.508 e. The number of carbonyl (C=O) groups is 4. The van der Waals surface area contributed by atoms with Crippen LogP contribution in [0.5, 0.6) is 5.75 Å². The second-order valence-corrected chi connectivity index (χ2v) is 9.45. The molecule has 1 aromatic rings. The fourth-order valence-electron chi connectivity index (χ4n) is 5.29. The number of hydrogen-bond acceptors (Lipinski definition) is 10. The molecule has 0 heterocycles. The lowest BCUT2D eigenvalue weighted by molar-refractivity contribution is -0.148. The highest BCUT2D eigenvalue weighted by atomic mass is 35.5. The molecule has 0 saturated heterocycles. The number of hydrogen-bond donors (Lipinski definition) is 7. The molecule has 1 fully saturated rings. The molecule has 3 atom stereocenters. The van der Waals surface area contributed by atoms with Crippen LogP contribution < -0.4 is 16.1 Å². The maximum absolute atomic E-state index is 13.6. The monoisotopic (exact) mass is 572 g/mol. The third-order valence-electron chi connectivity index (χ3n) is 6.85. The van der Waals surface area contributed by atoms with E-state index < -0.39 is 63.7 Å². The largest absolute Gasteiger partial charge is 0.508 e. The summed E-state index contributed by atoms with van der Waals surface area (Å²) in [5.41, 5.74) is -0.758. The van der Waals surface area contributed by atoms with Gasteiger partial charge in [0.15, 0.2) is 11.4 Å². The van der Waals surface area contributed by atoms with E-state index in [1.54, 1.807) is 13.1 Å². The number of aromatic hydroxyl groups is 1. The van der Waals surface area contributed by atoms with Crippen molar-refractivity contribution < 1.29 is 39.6 Å². The molecule has 1 aromatic carbocycles. The fraction of sp³-hybridized carbons (Fsp3) is 0.417. The summed E-state index contributed by atoms with van der Waals surface area (Å²) in [6, 6.07) is 3.09. The summed E-state index contributed by atoms with van der Waals surface area (Å²) in [5, 5.41) is 50.7. The number of likely N-dealkylation sites (N-methyl/N-ethyl adjacent to an activating group) is 1. The van der Waals surface area contributed by atoms with Crippen LogP contribution in [0.4, 0.5) is 5.69 Å². The van der Waals surface area contributed by atoms with Gasteiger partial charge in [0.2, 0.25) is 11.7 Å². The number of Topliss-reactive ketones (excluding diaryl/α,β-unsaturated/α-hetero) is 2. The number of nitrogens with zero attached hydrogens (tertiary/aromatic N) is 1. The van der Waals surface area contributed by atoms with Crippen LogP contribution in [0.1, 0.15) is 24.0 Å². The predicted octanol–water partition coefficient (Wildman–Crippen LogP) is 0.533. The first-order valence-electron chi connectivity index (χ1n) is 11.4. The Morgan fingerprint density at radius 2 is 1.76 bits per heavy atom. The van der Waals surface area contributed by atoms with E-state index in [9.17, 15) is 39.6 Å². The summed E-state index contributed by atoms with van der Waals surface area (Å²) < 4.78 is 0. The number of phenols is 1. The van der Waals surface area contributed by atoms with E-state index in [0.717, 1.165) is 0 Å². The lowest BCUT2D eigenvalue weighted by Crippen LogP contribution is -2.58. The number of aliphatic hydroxyl groups excluding tert-OH is 2. The van der Waals surface area contributed by atoms with Crippen LogP contribution >= 0.6 is 24.8 Å². The average Bonchev–Trinajstić information content (AvgIpc) is 2.77. The van der Waals surface area contributed by atoms with Gasteiger partial charge < -0.3 is 31.1 Å². The molecular formula is C24H30Cl2N4O8. The van der Waals surface area contributed by atoms with Crippen molar-refractivity contribution >= 4 is 59.6 Å². The summed E-state index contributed by atoms with van der Waals surface area (Å²) in [7, 11) is 4.55. The molecule has 3 unspecified atom stereocenters. The van der Waals surface area contributed by atoms with Gasteiger partial charge >= 0.3 is 0 Å². The molecule has 0 radical (unpaired) electrons. The van der Waals surface area contributed by atoms with E-state index in [0.29, 0.717) is 5.56 Å². The van der Waals surface area contributed by atoms with Gasteiger partial charge in [-0.2, -0.15) is 0 Å². The molecule has 4 rings (SSSR count). The molecule has 3 aliphatic rings. The number of phenolic OH excluding ortho intramolecular Hbond substituents is 1. The Bertz CT molecular complexity index is 1260. The Morgan fingerprint density at radius 1 is 1.11 bits per heavy atom. The van der Waals surface area contributed by atoms with Crippen LogP contribution in [0.2, 0.25) is 0 Å². The maximum Gasteiger partial charge on any atom is 0.272 e. The summed E-state index contributed by atoms with van der Waals surface area (Å²) in [6.45, 7) is -0.0212. The van der Waals surface area contributed by atoms with Crippen LogP contribution in [0.15, 0.2) is 29.0 Å². The molecule has 14 heteroatoms. The molecule has 38 heavy (non-hydrogen) atoms. The van der Waals surface area contributed by atoms with Crippen LogP contribution in [0, 0.1) is 11.8 Å². The third kappa shape index (κ3) is 4.85. The highest BCUT2D eigenvalue weighted by Crippen LogP contribution is 2.52. The van der Waals surface area contributed by atoms with Crippen molar-refractivity contribution in [3.05, 3.63) is 40.2 Å². The Balaban J connectivity index is 0.00000253. The number of fused-ring (bicyclic) bond motifs is 3. The first kappa shape index (κ1) is 31.1. The van der Waals surface area contributed by atoms with Crippen molar-refractivity contribution in [3.8, 4) is 5.75 Å². The Hall–Kier alpha value is -3.16. The van der Waals surface area contributed by atoms with E-state index >= 15 is 0 Å². The van der Waals surface area contributed by atoms with Gasteiger partial charge in [0, 0.05) is 32.0 Å². The van der Waals surface area contributed by atoms with Crippen LogP contribution in [-0.4, -0.2) is 82.1 Å². The van der Waals surface area contributed by atoms with Gasteiger partial charge in [0.25, 0.3) is 5.91 Å². The Labute approximate surface area is 230 Å². The van der Waals surface area contributed by atoms with Gasteiger partial charge in [0.05, 0.1) is 17.8 Å². The van der Waals surface area contributed by atoms with E-state index in [1.165, 1.54) is 25.2 Å². The zero-order chi connectivity index (χ0) is 26.5. The normalized spacial score (nSPS) is 24.0. The van der Waals surface area contributed by atoms with Gasteiger partial charge in [0.1, 0.15) is 22.8 Å². The summed E-state index contributed by atoms with van der Waals surface area (Å²) in [4.78, 5) is 50.8. The number of nitrogens with one attached hydrogen (secondary N) is 3. The number of benzene rings is 1. The van der Waals surface area contributed by atoms with Crippen molar-refractivity contribution in [1.29, 1.82) is 0 Å². The molecule has 2 amide bonds. The van der Waals surface area contributed by atoms with E-state index in [2.05, 4.69) is 16.1 Å². The Morgan fingerprint density at radius 3 is 2.37 bits per heavy atom. The zero-order valence-corrected chi connectivity index (χ0v) is 22.5. The van der Waals surface area contributed by atoms with Gasteiger partial charge in [-0.05, 0) is 37.4 Å². The van der Waals surface area contributed by atoms with Gasteiger partial charge in [-0.25, -0.2) is 5.01 Å². The first-order chi connectivity index (χ1) is 16.9. The molecule has 208 valence electrons. The molecule has 0 bridgehead atoms. The van der Waals surface area contributed by atoms with Crippen LogP contribution in [0.25, 0.3) is 5.76 Å². The van der Waals surface area contributed by atoms with Crippen molar-refractivity contribution in [3.63, 3.8) is 0 Å². The number of anilines is 1. The van der Waals surface area contributed by atoms with E-state index in [4.69, 9.17) is 0 Å². The first-order valence-corrected chi connectivity index (χ1v) is 11.4. The van der Waals surface area contributed by atoms with Crippen LogP contribution in [0.3, 0.4) is 0 Å². The summed E-state index contributed by atoms with van der Waals surface area (Å²) in [6.07, 6.45) is -0.0690. The average molecular weight is 573 g/mol. The second kappa shape index (κ2) is 11.3. The van der Waals surface area contributed by atoms with Crippen molar-refractivity contribution in [2.75, 3.05) is 33.0 Å². The SMILES string of the molecule is CNCC(=O)Nc1ccc2c(c1O)C(O)=C1C(=O)C3(O)C(O)=C(C(=O)NN(C)C)C(=O)CC3CC1C2.Cl.Cl. The van der Waals surface area contributed by atoms with Crippen molar-refractivity contribution in [2.24, 2.45) is 11.8 Å². The van der Waals surface area contributed by atoms with Crippen molar-refractivity contribution in [2.45, 2.75) is 24.9 Å². The standard InChI is InChI=1S/C24H28N4O8.2ClH/c1-25-9-15(30)26-13-5-4-10-6-11-7-12-8-14(29)18(23(35)27-28(2)3)22(34)24(12,36)21(33)17(11)20(32)16(10)19(13)31;;/h4-5,11-12,25,31-32,34,36H,6-9H2,1-3H3,(H,26,30)(H,27,35);2*1H. The Kier molecular flexibility index (Phi) is 9.23. The third-order valence-corrected chi connectivity index (χ3v) is 6.85. The molecule has 7 N–H and O–H groups in total. The second-order valence-electron chi connectivity index (χ2n) is 9.45. The zero-order valence-electron chi connectivity index (χ0n) is 20.8. The quantitative estimate of drug-likeness (QED) is 0.149. The van der Waals surface area contributed by atoms with E-state index in [-0.39, 0.29) is 67.4 Å². The molecule has 0 aromatic heterocycles. The lowest BCUT2D eigenvalue weighted by atomic mass is 9.59. The number of halogens is 2. The molecule has 12 nitrogen and oxygen atoms in total. The fourth-order valence-corrected chi connectivity index (χ4v) is 5.29.